The van der Waals surface area contributed by atoms with Crippen LogP contribution >= 0.6 is 0 Å². The van der Waals surface area contributed by atoms with Crippen molar-refractivity contribution in [3.8, 4) is 0 Å². The van der Waals surface area contributed by atoms with Crippen molar-refractivity contribution in [3.05, 3.63) is 33.9 Å². The summed E-state index contributed by atoms with van der Waals surface area (Å²) in [6.45, 7) is 7.79. The molecular weight excluding hydrogens is 306 g/mol. The van der Waals surface area contributed by atoms with Gasteiger partial charge in [-0.3, -0.25) is 15.0 Å². The maximum absolute atomic E-state index is 12.7. The first-order chi connectivity index (χ1) is 10.2. The second-order valence-electron chi connectivity index (χ2n) is 5.69. The summed E-state index contributed by atoms with van der Waals surface area (Å²) < 4.78 is 26.9. The Morgan fingerprint density at radius 3 is 2.27 bits per heavy atom. The number of benzene rings is 1. The van der Waals surface area contributed by atoms with Crippen molar-refractivity contribution in [1.82, 2.24) is 9.21 Å². The molecule has 1 heterocycles. The van der Waals surface area contributed by atoms with Crippen LogP contribution in [0.3, 0.4) is 0 Å². The van der Waals surface area contributed by atoms with Gasteiger partial charge in [-0.15, -0.1) is 0 Å². The Bertz CT molecular complexity index is 665. The molecule has 0 spiro atoms. The first-order valence-electron chi connectivity index (χ1n) is 7.23. The fourth-order valence-electron chi connectivity index (χ4n) is 2.68. The molecule has 2 rings (SSSR count). The third-order valence-electron chi connectivity index (χ3n) is 4.07. The predicted octanol–water partition coefficient (Wildman–Crippen LogP) is 1.62. The SMILES string of the molecule is Cc1c([N+](=O)[O-])cccc1S(=O)(=O)N1CCN(C(C)C)CC1. The second kappa shape index (κ2) is 6.31. The number of hydrogen-bond donors (Lipinski definition) is 0. The van der Waals surface area contributed by atoms with Gasteiger partial charge >= 0.3 is 0 Å². The second-order valence-corrected chi connectivity index (χ2v) is 7.60. The number of hydrogen-bond acceptors (Lipinski definition) is 5. The van der Waals surface area contributed by atoms with Gasteiger partial charge < -0.3 is 0 Å². The lowest BCUT2D eigenvalue weighted by molar-refractivity contribution is -0.385. The third-order valence-corrected chi connectivity index (χ3v) is 6.12. The molecule has 1 saturated heterocycles. The van der Waals surface area contributed by atoms with Crippen LogP contribution in [0.15, 0.2) is 23.1 Å². The fourth-order valence-corrected chi connectivity index (χ4v) is 4.34. The van der Waals surface area contributed by atoms with E-state index in [9.17, 15) is 18.5 Å². The summed E-state index contributed by atoms with van der Waals surface area (Å²) >= 11 is 0. The number of rotatable bonds is 4. The molecule has 0 saturated carbocycles. The van der Waals surface area contributed by atoms with Gasteiger partial charge in [-0.25, -0.2) is 8.42 Å². The van der Waals surface area contributed by atoms with Gasteiger partial charge in [-0.1, -0.05) is 6.07 Å². The molecule has 0 bridgehead atoms. The molecule has 1 aromatic rings. The van der Waals surface area contributed by atoms with Crippen LogP contribution in [0.1, 0.15) is 19.4 Å². The van der Waals surface area contributed by atoms with E-state index in [1.54, 1.807) is 0 Å². The Morgan fingerprint density at radius 1 is 1.18 bits per heavy atom. The van der Waals surface area contributed by atoms with Crippen molar-refractivity contribution < 1.29 is 13.3 Å². The van der Waals surface area contributed by atoms with Crippen LogP contribution in [0, 0.1) is 17.0 Å². The summed E-state index contributed by atoms with van der Waals surface area (Å²) in [5.74, 6) is 0. The minimum absolute atomic E-state index is 0.0275. The van der Waals surface area contributed by atoms with Crippen LogP contribution in [0.5, 0.6) is 0 Å². The molecule has 1 aliphatic rings. The third kappa shape index (κ3) is 3.13. The molecule has 122 valence electrons. The molecule has 0 radical (unpaired) electrons. The highest BCUT2D eigenvalue weighted by molar-refractivity contribution is 7.89. The first kappa shape index (κ1) is 16.9. The van der Waals surface area contributed by atoms with Gasteiger partial charge in [-0.2, -0.15) is 4.31 Å². The van der Waals surface area contributed by atoms with Crippen molar-refractivity contribution >= 4 is 15.7 Å². The number of nitrogens with zero attached hydrogens (tertiary/aromatic N) is 3. The summed E-state index contributed by atoms with van der Waals surface area (Å²) in [7, 11) is -3.70. The lowest BCUT2D eigenvalue weighted by Crippen LogP contribution is -2.50. The van der Waals surface area contributed by atoms with E-state index in [4.69, 9.17) is 0 Å². The van der Waals surface area contributed by atoms with Crippen molar-refractivity contribution in [1.29, 1.82) is 0 Å². The molecular formula is C14H21N3O4S. The quantitative estimate of drug-likeness (QED) is 0.620. The number of nitro groups is 1. The molecule has 22 heavy (non-hydrogen) atoms. The molecule has 0 aromatic heterocycles. The normalized spacial score (nSPS) is 17.8. The van der Waals surface area contributed by atoms with Gasteiger partial charge in [-0.05, 0) is 26.8 Å². The van der Waals surface area contributed by atoms with Crippen molar-refractivity contribution in [2.75, 3.05) is 26.2 Å². The minimum atomic E-state index is -3.70. The molecule has 8 heteroatoms. The van der Waals surface area contributed by atoms with E-state index in [-0.39, 0.29) is 16.1 Å². The van der Waals surface area contributed by atoms with E-state index in [2.05, 4.69) is 18.7 Å². The van der Waals surface area contributed by atoms with E-state index in [0.29, 0.717) is 32.2 Å². The van der Waals surface area contributed by atoms with Crippen molar-refractivity contribution in [2.24, 2.45) is 0 Å². The predicted molar refractivity (Wildman–Crippen MR) is 83.3 cm³/mol. The first-order valence-corrected chi connectivity index (χ1v) is 8.67. The number of nitro benzene ring substituents is 1. The maximum atomic E-state index is 12.7. The zero-order chi connectivity index (χ0) is 16.5. The maximum Gasteiger partial charge on any atom is 0.273 e. The Kier molecular flexibility index (Phi) is 4.84. The van der Waals surface area contributed by atoms with Crippen LogP contribution in [0.4, 0.5) is 5.69 Å². The summed E-state index contributed by atoms with van der Waals surface area (Å²) in [4.78, 5) is 12.7. The topological polar surface area (TPSA) is 83.8 Å². The highest BCUT2D eigenvalue weighted by Gasteiger charge is 2.31. The molecule has 1 aromatic carbocycles. The van der Waals surface area contributed by atoms with E-state index in [1.807, 2.05) is 0 Å². The van der Waals surface area contributed by atoms with E-state index >= 15 is 0 Å². The lowest BCUT2D eigenvalue weighted by atomic mass is 10.2. The van der Waals surface area contributed by atoms with Crippen molar-refractivity contribution in [2.45, 2.75) is 31.7 Å². The molecule has 0 N–H and O–H groups in total. The van der Waals surface area contributed by atoms with Gasteiger partial charge in [0.25, 0.3) is 5.69 Å². The summed E-state index contributed by atoms with van der Waals surface area (Å²) in [6, 6.07) is 4.56. The summed E-state index contributed by atoms with van der Waals surface area (Å²) in [6.07, 6.45) is 0. The zero-order valence-corrected chi connectivity index (χ0v) is 13.8. The van der Waals surface area contributed by atoms with Gasteiger partial charge in [0.1, 0.15) is 0 Å². The lowest BCUT2D eigenvalue weighted by Gasteiger charge is -2.36. The summed E-state index contributed by atoms with van der Waals surface area (Å²) in [5, 5.41) is 11.0. The van der Waals surface area contributed by atoms with Gasteiger partial charge in [0.15, 0.2) is 0 Å². The molecule has 0 atom stereocenters. The smallest absolute Gasteiger partial charge is 0.273 e. The average Bonchev–Trinajstić information content (AvgIpc) is 2.47. The molecule has 1 aliphatic heterocycles. The van der Waals surface area contributed by atoms with E-state index in [0.717, 1.165) is 0 Å². The Morgan fingerprint density at radius 2 is 1.77 bits per heavy atom. The highest BCUT2D eigenvalue weighted by atomic mass is 32.2. The molecule has 0 aliphatic carbocycles. The van der Waals surface area contributed by atoms with Crippen LogP contribution in [0.25, 0.3) is 0 Å². The zero-order valence-electron chi connectivity index (χ0n) is 13.0. The minimum Gasteiger partial charge on any atom is -0.298 e. The Labute approximate surface area is 130 Å². The molecule has 7 nitrogen and oxygen atoms in total. The Balaban J connectivity index is 2.29. The average molecular weight is 327 g/mol. The van der Waals surface area contributed by atoms with Gasteiger partial charge in [0, 0.05) is 43.9 Å². The van der Waals surface area contributed by atoms with Gasteiger partial charge in [0.2, 0.25) is 10.0 Å². The van der Waals surface area contributed by atoms with Crippen molar-refractivity contribution in [3.63, 3.8) is 0 Å². The van der Waals surface area contributed by atoms with Crippen LogP contribution in [-0.4, -0.2) is 54.8 Å². The van der Waals surface area contributed by atoms with Crippen LogP contribution in [-0.2, 0) is 10.0 Å². The number of sulfonamides is 1. The fraction of sp³-hybridized carbons (Fsp3) is 0.571. The summed E-state index contributed by atoms with van der Waals surface area (Å²) in [5.41, 5.74) is 0.0284. The Hall–Kier alpha value is -1.51. The molecule has 1 fully saturated rings. The molecule has 0 amide bonds. The van der Waals surface area contributed by atoms with E-state index in [1.165, 1.54) is 29.4 Å². The highest BCUT2D eigenvalue weighted by Crippen LogP contribution is 2.27. The van der Waals surface area contributed by atoms with Gasteiger partial charge in [0.05, 0.1) is 9.82 Å². The standard InChI is InChI=1S/C14H21N3O4S/c1-11(2)15-7-9-16(10-8-15)22(20,21)14-6-4-5-13(12(14)3)17(18)19/h4-6,11H,7-10H2,1-3H3. The molecule has 0 unspecified atom stereocenters. The monoisotopic (exact) mass is 327 g/mol. The number of piperazine rings is 1. The van der Waals surface area contributed by atoms with Crippen LogP contribution in [0.2, 0.25) is 0 Å². The van der Waals surface area contributed by atoms with Crippen LogP contribution < -0.4 is 0 Å². The van der Waals surface area contributed by atoms with E-state index < -0.39 is 14.9 Å². The largest absolute Gasteiger partial charge is 0.298 e.